The van der Waals surface area contributed by atoms with E-state index in [0.29, 0.717) is 5.69 Å². The van der Waals surface area contributed by atoms with E-state index in [0.717, 1.165) is 122 Å². The van der Waals surface area contributed by atoms with Crippen LogP contribution in [-0.2, 0) is 56.2 Å². The Kier molecular flexibility index (Phi) is 33.2. The van der Waals surface area contributed by atoms with E-state index in [2.05, 4.69) is 263 Å². The number of rotatable bonds is 10. The van der Waals surface area contributed by atoms with Crippen LogP contribution >= 0.6 is 11.3 Å². The molecule has 16 rings (SSSR count). The minimum absolute atomic E-state index is 0.0000301. The van der Waals surface area contributed by atoms with Gasteiger partial charge in [-0.1, -0.05) is 277 Å². The fourth-order valence-corrected chi connectivity index (χ4v) is 12.9. The number of hydrogen-bond donors (Lipinski definition) is 0. The van der Waals surface area contributed by atoms with Crippen molar-refractivity contribution in [2.75, 3.05) is 0 Å². The summed E-state index contributed by atoms with van der Waals surface area (Å²) in [7, 11) is 0. The van der Waals surface area contributed by atoms with Crippen LogP contribution in [0.4, 0.5) is 8.78 Å². The number of pyridine rings is 2. The highest BCUT2D eigenvalue weighted by Gasteiger charge is 2.28. The first-order chi connectivity index (χ1) is 60.5. The summed E-state index contributed by atoms with van der Waals surface area (Å²) in [5.41, 5.74) is 7.61. The lowest BCUT2D eigenvalue weighted by atomic mass is 9.95. The zero-order valence-corrected chi connectivity index (χ0v) is 81.8. The Morgan fingerprint density at radius 1 is 0.287 bits per heavy atom. The Morgan fingerprint density at radius 2 is 0.636 bits per heavy atom. The summed E-state index contributed by atoms with van der Waals surface area (Å²) in [6.07, 6.45) is 10.4. The van der Waals surface area contributed by atoms with Gasteiger partial charge in [0.25, 0.3) is 0 Å². The molecule has 0 amide bonds. The van der Waals surface area contributed by atoms with E-state index >= 15 is 0 Å². The lowest BCUT2D eigenvalue weighted by Crippen LogP contribution is -2.14. The summed E-state index contributed by atoms with van der Waals surface area (Å²) in [6.45, 7) is 60.8. The molecule has 0 saturated carbocycles. The molecule has 0 aliphatic heterocycles. The number of thiophene rings is 1. The molecule has 0 aliphatic carbocycles. The average molecular weight is 1760 g/mol. The number of halogens is 2. The number of hydrogen-bond acceptors (Lipinski definition) is 17. The lowest BCUT2D eigenvalue weighted by molar-refractivity contribution is 0.540. The van der Waals surface area contributed by atoms with Gasteiger partial charge in [-0.15, -0.1) is 16.4 Å². The van der Waals surface area contributed by atoms with Crippen molar-refractivity contribution in [1.29, 1.82) is 0 Å². The van der Waals surface area contributed by atoms with Gasteiger partial charge in [0.2, 0.25) is 0 Å². The monoisotopic (exact) mass is 1760 g/mol. The van der Waals surface area contributed by atoms with Crippen molar-refractivity contribution in [3.05, 3.63) is 330 Å². The van der Waals surface area contributed by atoms with E-state index in [-0.39, 0.29) is 55.0 Å². The molecule has 23 nitrogen and oxygen atoms in total. The molecular weight excluding hydrogens is 1630 g/mol. The van der Waals surface area contributed by atoms with Gasteiger partial charge in [0.05, 0.1) is 39.0 Å². The van der Waals surface area contributed by atoms with Gasteiger partial charge in [-0.05, 0) is 147 Å². The van der Waals surface area contributed by atoms with E-state index in [1.165, 1.54) is 28.0 Å². The maximum absolute atomic E-state index is 13.8. The molecule has 0 unspecified atom stereocenters. The van der Waals surface area contributed by atoms with E-state index in [9.17, 15) is 8.78 Å². The summed E-state index contributed by atoms with van der Waals surface area (Å²) in [5, 5.41) is 31.5. The van der Waals surface area contributed by atoms with Gasteiger partial charge in [-0.2, -0.15) is 30.6 Å². The summed E-state index contributed by atoms with van der Waals surface area (Å²) in [4.78, 5) is 42.3. The van der Waals surface area contributed by atoms with Gasteiger partial charge < -0.3 is 0 Å². The minimum atomic E-state index is -0.280. The van der Waals surface area contributed by atoms with Gasteiger partial charge >= 0.3 is 0 Å². The first-order valence-electron chi connectivity index (χ1n) is 43.8. The Bertz CT molecular complexity index is 5890. The number of benzene rings is 6. The van der Waals surface area contributed by atoms with E-state index in [1.807, 2.05) is 209 Å². The first kappa shape index (κ1) is 99.9. The number of para-hydroxylation sites is 5. The van der Waals surface area contributed by atoms with Gasteiger partial charge in [-0.25, -0.2) is 81.4 Å². The summed E-state index contributed by atoms with van der Waals surface area (Å²) in [6, 6.07) is 67.5. The van der Waals surface area contributed by atoms with Crippen LogP contribution in [0.5, 0.6) is 0 Å². The molecule has 0 spiro atoms. The zero-order chi connectivity index (χ0) is 94.6. The third-order valence-electron chi connectivity index (χ3n) is 19.3. The summed E-state index contributed by atoms with van der Waals surface area (Å²) >= 11 is 1.83. The fourth-order valence-electron chi connectivity index (χ4n) is 11.9. The lowest BCUT2D eigenvalue weighted by Gasteiger charge is -2.15. The molecule has 0 atom stereocenters. The SMILES string of the molecule is CC(C)(C)c1ccc(-c2ccccn2)s1.CC(C)(C)c1ncn(-c2ccccc2)n1.CC(C)(C)c1ncn(-c2ccccc2)n1.CCc1nc(C(C)(C)C)nn1-c1ccccc1.CCc1nc(C(C)(C)C)nn1-c1ccccc1F.Cc1cccnc1-n1cnc(C(C)(C)C)n1.Cc1nc(C(C)(C)C)nn1-c1ccc(F)cc1.Cc1nc(C(C)(C)C)nn1-c1ccccc1. The molecule has 0 radical (unpaired) electrons. The van der Waals surface area contributed by atoms with Crippen LogP contribution in [0.15, 0.2) is 244 Å². The Balaban J connectivity index is 0.000000166. The molecule has 0 fully saturated rings. The van der Waals surface area contributed by atoms with E-state index in [4.69, 9.17) is 0 Å². The van der Waals surface area contributed by atoms with Crippen molar-refractivity contribution in [3.63, 3.8) is 0 Å². The molecule has 10 aromatic heterocycles. The highest BCUT2D eigenvalue weighted by Crippen LogP contribution is 2.35. The molecule has 26 heteroatoms. The predicted octanol–water partition coefficient (Wildman–Crippen LogP) is 23.8. The predicted molar refractivity (Wildman–Crippen MR) is 517 cm³/mol. The van der Waals surface area contributed by atoms with Crippen LogP contribution in [0.3, 0.4) is 0 Å². The van der Waals surface area contributed by atoms with Crippen molar-refractivity contribution in [3.8, 4) is 50.5 Å². The molecule has 0 bridgehead atoms. The molecule has 6 aromatic carbocycles. The Hall–Kier alpha value is -12.8. The average Bonchev–Trinajstić information content (AvgIpc) is 1.67. The molecule has 0 N–H and O–H groups in total. The molecule has 0 saturated heterocycles. The van der Waals surface area contributed by atoms with Crippen LogP contribution in [0.1, 0.15) is 255 Å². The molecule has 129 heavy (non-hydrogen) atoms. The van der Waals surface area contributed by atoms with Crippen LogP contribution in [0.2, 0.25) is 0 Å². The van der Waals surface area contributed by atoms with Crippen LogP contribution in [0.25, 0.3) is 50.5 Å². The maximum atomic E-state index is 13.8. The van der Waals surface area contributed by atoms with Gasteiger partial charge in [0.1, 0.15) is 59.6 Å². The second-order valence-corrected chi connectivity index (χ2v) is 40.4. The maximum Gasteiger partial charge on any atom is 0.158 e. The summed E-state index contributed by atoms with van der Waals surface area (Å²) < 4.78 is 39.2. The normalized spacial score (nSPS) is 11.7. The standard InChI is InChI=1S/C14H18FN3.C14H19N3.C13H16FN3.C13H17N3.C13H15NS.C12H16N4.2C12H15N3/c1-5-12-16-13(14(2,3)4)17-18(12)11-9-7-6-8-10(11)15;1-5-12-15-13(14(2,3)4)16-17(12)11-9-7-6-8-10-11;1-9-15-12(13(2,3)4)16-17(9)11-7-5-10(14)6-8-11;1-10-14-12(13(2,3)4)15-16(10)11-8-6-5-7-9-11;1-13(2,3)12-8-7-11(15-12)10-6-4-5-9-14-10;1-9-6-5-7-13-10(9)16-8-14-11(15-16)12(2,3)4;2*1-12(2,3)11-13-9-15(14-11)10-7-5-4-6-8-10/h6-9H,5H2,1-4H3;6-10H,5H2,1-4H3;5-8H,1-4H3;5-9H,1-4H3;4-9H,1-3H3;5-8H,1-4H3;2*4-9H,1-3H3. The van der Waals surface area contributed by atoms with Crippen molar-refractivity contribution in [2.24, 2.45) is 0 Å². The molecule has 678 valence electrons. The van der Waals surface area contributed by atoms with Crippen LogP contribution in [0, 0.1) is 32.4 Å². The van der Waals surface area contributed by atoms with Crippen molar-refractivity contribution < 1.29 is 8.78 Å². The second-order valence-electron chi connectivity index (χ2n) is 39.4. The van der Waals surface area contributed by atoms with E-state index in [1.54, 1.807) is 78.9 Å². The highest BCUT2D eigenvalue weighted by atomic mass is 32.1. The second kappa shape index (κ2) is 42.8. The van der Waals surface area contributed by atoms with Crippen molar-refractivity contribution in [1.82, 2.24) is 113 Å². The number of nitrogens with zero attached hydrogens (tertiary/aromatic N) is 23. The van der Waals surface area contributed by atoms with Crippen LogP contribution in [-0.4, -0.2) is 113 Å². The molecule has 16 aromatic rings. The zero-order valence-electron chi connectivity index (χ0n) is 81.0. The molecule has 10 heterocycles. The van der Waals surface area contributed by atoms with Crippen molar-refractivity contribution >= 4 is 11.3 Å². The first-order valence-corrected chi connectivity index (χ1v) is 44.6. The number of aryl methyl sites for hydroxylation is 5. The molecular formula is C103H131F2N23S. The Morgan fingerprint density at radius 3 is 1.01 bits per heavy atom. The van der Waals surface area contributed by atoms with Gasteiger partial charge in [0, 0.05) is 68.0 Å². The van der Waals surface area contributed by atoms with Crippen LogP contribution < -0.4 is 0 Å². The largest absolute Gasteiger partial charge is 0.255 e. The molecule has 0 aliphatic rings. The topological polar surface area (TPSA) is 241 Å². The third-order valence-corrected chi connectivity index (χ3v) is 20.9. The quantitative estimate of drug-likeness (QED) is 0.124. The third kappa shape index (κ3) is 28.6. The van der Waals surface area contributed by atoms with Gasteiger partial charge in [-0.3, -0.25) is 4.98 Å². The smallest absolute Gasteiger partial charge is 0.158 e. The Labute approximate surface area is 766 Å². The fraction of sp³-hybridized carbons (Fsp3) is 0.379. The van der Waals surface area contributed by atoms with E-state index < -0.39 is 0 Å². The van der Waals surface area contributed by atoms with Gasteiger partial charge in [0.15, 0.2) is 46.6 Å². The number of aromatic nitrogens is 23. The highest BCUT2D eigenvalue weighted by molar-refractivity contribution is 7.15. The minimum Gasteiger partial charge on any atom is -0.255 e. The van der Waals surface area contributed by atoms with Crippen molar-refractivity contribution in [2.45, 2.75) is 257 Å². The summed E-state index contributed by atoms with van der Waals surface area (Å²) in [5.74, 6) is 9.72.